The van der Waals surface area contributed by atoms with Gasteiger partial charge in [-0.2, -0.15) is 21.6 Å². The Balaban J connectivity index is 1.46. The van der Waals surface area contributed by atoms with Gasteiger partial charge >= 0.3 is 15.6 Å². The molecule has 0 radical (unpaired) electrons. The molecule has 0 aliphatic heterocycles. The van der Waals surface area contributed by atoms with Crippen LogP contribution in [0, 0.1) is 51.8 Å². The quantitative estimate of drug-likeness (QED) is 0.324. The molecule has 4 saturated carbocycles. The van der Waals surface area contributed by atoms with Gasteiger partial charge in [0.05, 0.1) is 0 Å². The Kier molecular flexibility index (Phi) is 5.65. The van der Waals surface area contributed by atoms with Crippen LogP contribution in [0.2, 0.25) is 0 Å². The Morgan fingerprint density at radius 1 is 0.943 bits per heavy atom. The Bertz CT molecular complexity index is 1020. The number of hydrogen-bond donors (Lipinski definition) is 1. The van der Waals surface area contributed by atoms with Crippen LogP contribution in [0.25, 0.3) is 0 Å². The Morgan fingerprint density at radius 2 is 1.60 bits per heavy atom. The molecule has 0 spiro atoms. The van der Waals surface area contributed by atoms with Gasteiger partial charge in [0.15, 0.2) is 0 Å². The molecule has 200 valence electrons. The lowest BCUT2D eigenvalue weighted by Gasteiger charge is -2.68. The molecule has 0 aromatic heterocycles. The van der Waals surface area contributed by atoms with Crippen LogP contribution in [0.5, 0.6) is 0 Å². The van der Waals surface area contributed by atoms with Gasteiger partial charge in [-0.25, -0.2) is 0 Å². The summed E-state index contributed by atoms with van der Waals surface area (Å²) < 4.78 is 67.7. The lowest BCUT2D eigenvalue weighted by molar-refractivity contribution is -0.179. The molecule has 0 amide bonds. The maximum atomic E-state index is 13.1. The molecule has 4 nitrogen and oxygen atoms in total. The van der Waals surface area contributed by atoms with Crippen LogP contribution in [0.1, 0.15) is 92.4 Å². The van der Waals surface area contributed by atoms with Crippen molar-refractivity contribution in [1.82, 2.24) is 0 Å². The Morgan fingerprint density at radius 3 is 2.26 bits per heavy atom. The molecule has 0 heterocycles. The molecule has 0 bridgehead atoms. The first-order chi connectivity index (χ1) is 16.0. The predicted molar refractivity (Wildman–Crippen MR) is 129 cm³/mol. The lowest BCUT2D eigenvalue weighted by Crippen LogP contribution is -2.63. The van der Waals surface area contributed by atoms with Gasteiger partial charge in [-0.05, 0) is 110 Å². The van der Waals surface area contributed by atoms with Crippen LogP contribution >= 0.6 is 0 Å². The summed E-state index contributed by atoms with van der Waals surface area (Å²) in [5.74, 6) is 3.04. The van der Waals surface area contributed by atoms with Crippen LogP contribution in [0.3, 0.4) is 0 Å². The van der Waals surface area contributed by atoms with Crippen LogP contribution in [-0.4, -0.2) is 19.5 Å². The second-order valence-electron chi connectivity index (χ2n) is 13.8. The monoisotopic (exact) mass is 517 g/mol. The summed E-state index contributed by atoms with van der Waals surface area (Å²) in [6.45, 7) is 10.9. The van der Waals surface area contributed by atoms with Crippen molar-refractivity contribution in [2.24, 2.45) is 57.5 Å². The minimum absolute atomic E-state index is 0.00331. The normalized spacial score (nSPS) is 49.2. The fourth-order valence-electron chi connectivity index (χ4n) is 10.6. The average molecular weight is 518 g/mol. The topological polar surface area (TPSA) is 69.4 Å². The van der Waals surface area contributed by atoms with E-state index in [1.807, 2.05) is 13.8 Å². The summed E-state index contributed by atoms with van der Waals surface area (Å²) in [7, 11) is -5.68. The van der Waals surface area contributed by atoms with E-state index in [-0.39, 0.29) is 28.0 Å². The molecule has 4 fully saturated rings. The van der Waals surface area contributed by atoms with Gasteiger partial charge in [0, 0.05) is 11.0 Å². The molecule has 2 N–H and O–H groups in total. The number of halogens is 3. The number of fused-ring (bicyclic) bond motifs is 7. The third-order valence-electron chi connectivity index (χ3n) is 12.0. The van der Waals surface area contributed by atoms with Crippen LogP contribution in [0.15, 0.2) is 11.8 Å². The van der Waals surface area contributed by atoms with Crippen molar-refractivity contribution in [3.63, 3.8) is 0 Å². The highest BCUT2D eigenvalue weighted by atomic mass is 32.2. The zero-order chi connectivity index (χ0) is 25.8. The van der Waals surface area contributed by atoms with Gasteiger partial charge in [0.2, 0.25) is 0 Å². The van der Waals surface area contributed by atoms with E-state index < -0.39 is 21.0 Å². The summed E-state index contributed by atoms with van der Waals surface area (Å²) in [6.07, 6.45) is 11.1. The molecule has 5 aliphatic rings. The molecule has 35 heavy (non-hydrogen) atoms. The summed E-state index contributed by atoms with van der Waals surface area (Å²) in [5, 5.41) is 0. The largest absolute Gasteiger partial charge is 0.534 e. The van der Waals surface area contributed by atoms with Crippen molar-refractivity contribution in [2.45, 2.75) is 103 Å². The maximum Gasteiger partial charge on any atom is 0.534 e. The van der Waals surface area contributed by atoms with Gasteiger partial charge in [0.25, 0.3) is 0 Å². The Labute approximate surface area is 208 Å². The smallest absolute Gasteiger partial charge is 0.380 e. The second kappa shape index (κ2) is 7.64. The van der Waals surface area contributed by atoms with Crippen molar-refractivity contribution < 1.29 is 25.8 Å². The van der Waals surface area contributed by atoms with Gasteiger partial charge in [-0.3, -0.25) is 0 Å². The predicted octanol–water partition coefficient (Wildman–Crippen LogP) is 6.77. The van der Waals surface area contributed by atoms with Crippen LogP contribution in [-0.2, 0) is 14.3 Å². The number of alkyl halides is 3. The molecule has 8 heteroatoms. The van der Waals surface area contributed by atoms with Gasteiger partial charge in [0.1, 0.15) is 5.76 Å². The van der Waals surface area contributed by atoms with Gasteiger partial charge in [-0.1, -0.05) is 34.6 Å². The second-order valence-corrected chi connectivity index (χ2v) is 15.3. The summed E-state index contributed by atoms with van der Waals surface area (Å²) >= 11 is 0. The molecule has 0 saturated heterocycles. The van der Waals surface area contributed by atoms with Gasteiger partial charge < -0.3 is 9.92 Å². The van der Waals surface area contributed by atoms with Gasteiger partial charge in [-0.15, -0.1) is 0 Å². The summed E-state index contributed by atoms with van der Waals surface area (Å²) in [5.41, 5.74) is 0.844. The lowest BCUT2D eigenvalue weighted by atomic mass is 9.37. The molecule has 5 unspecified atom stereocenters. The van der Waals surface area contributed by atoms with E-state index >= 15 is 0 Å². The Hall–Kier alpha value is -0.760. The van der Waals surface area contributed by atoms with Crippen molar-refractivity contribution in [2.75, 3.05) is 0 Å². The fraction of sp³-hybridized carbons (Fsp3) is 0.926. The van der Waals surface area contributed by atoms with E-state index in [9.17, 15) is 21.6 Å². The van der Waals surface area contributed by atoms with Crippen molar-refractivity contribution in [3.8, 4) is 0 Å². The highest BCUT2D eigenvalue weighted by molar-refractivity contribution is 7.87. The van der Waals surface area contributed by atoms with Crippen molar-refractivity contribution in [1.29, 1.82) is 0 Å². The molecule has 5 rings (SSSR count). The average Bonchev–Trinajstić information content (AvgIpc) is 3.04. The van der Waals surface area contributed by atoms with E-state index in [1.165, 1.54) is 19.3 Å². The van der Waals surface area contributed by atoms with Crippen molar-refractivity contribution >= 4 is 10.1 Å². The third kappa shape index (κ3) is 3.50. The van der Waals surface area contributed by atoms with Crippen molar-refractivity contribution in [3.05, 3.63) is 11.8 Å². The van der Waals surface area contributed by atoms with E-state index in [0.717, 1.165) is 32.1 Å². The van der Waals surface area contributed by atoms with E-state index in [4.69, 9.17) is 9.92 Å². The molecular weight excluding hydrogens is 475 g/mol. The third-order valence-corrected chi connectivity index (χ3v) is 12.9. The molecule has 5 aliphatic carbocycles. The highest BCUT2D eigenvalue weighted by Crippen LogP contribution is 2.72. The minimum Gasteiger partial charge on any atom is -0.380 e. The van der Waals surface area contributed by atoms with E-state index in [0.29, 0.717) is 36.0 Å². The minimum atomic E-state index is -5.68. The number of hydrogen-bond acceptors (Lipinski definition) is 4. The SMILES string of the molecule is C[C@@H]1CCC2(N)CCC3C(CC[C@H]4C3(C)CC[C@H]3C(C)(C)C(OS(=O)(=O)C(F)(F)F)=CCC34C)[C@@H]12. The zero-order valence-corrected chi connectivity index (χ0v) is 22.6. The maximum absolute atomic E-state index is 13.1. The molecule has 0 aromatic carbocycles. The molecule has 0 aromatic rings. The molecule has 9 atom stereocenters. The van der Waals surface area contributed by atoms with E-state index in [2.05, 4.69) is 20.8 Å². The number of allylic oxidation sites excluding steroid dienone is 2. The van der Waals surface area contributed by atoms with Crippen LogP contribution in [0.4, 0.5) is 13.2 Å². The number of rotatable bonds is 2. The number of nitrogens with two attached hydrogens (primary N) is 1. The summed E-state index contributed by atoms with van der Waals surface area (Å²) in [4.78, 5) is 0. The first kappa shape index (κ1) is 25.9. The molecular formula is C27H42F3NO3S. The highest BCUT2D eigenvalue weighted by Gasteiger charge is 2.66. The standard InChI is InChI=1S/C27H42F3NO3S/c1-16-8-14-26(31)15-9-18-17(22(16)26)6-7-20-24(18,4)12-10-19-23(2,3)21(11-13-25(19,20)5)34-35(32,33)27(28,29)30/h11,16-20,22H,6-10,12-15,31H2,1-5H3/t16-,17?,18?,19+,20+,22-,24?,25?,26?/m1/s1. The van der Waals surface area contributed by atoms with E-state index in [1.54, 1.807) is 6.08 Å². The van der Waals surface area contributed by atoms with Crippen LogP contribution < -0.4 is 5.73 Å². The first-order valence-corrected chi connectivity index (χ1v) is 14.9. The first-order valence-electron chi connectivity index (χ1n) is 13.5. The summed E-state index contributed by atoms with van der Waals surface area (Å²) in [6, 6.07) is 0. The fourth-order valence-corrected chi connectivity index (χ4v) is 11.2. The zero-order valence-electron chi connectivity index (χ0n) is 21.7.